The molecule has 100 valence electrons. The molecule has 2 heterocycles. The van der Waals surface area contributed by atoms with Gasteiger partial charge < -0.3 is 9.88 Å². The van der Waals surface area contributed by atoms with Gasteiger partial charge in [-0.05, 0) is 37.4 Å². The Bertz CT molecular complexity index is 500. The van der Waals surface area contributed by atoms with Gasteiger partial charge in [0.1, 0.15) is 12.2 Å². The Labute approximate surface area is 113 Å². The second-order valence-corrected chi connectivity index (χ2v) is 5.28. The molecule has 1 saturated heterocycles. The highest BCUT2D eigenvalue weighted by atomic mass is 15.3. The van der Waals surface area contributed by atoms with E-state index in [1.54, 1.807) is 0 Å². The lowest BCUT2D eigenvalue weighted by atomic mass is 9.96. The Hall–Kier alpha value is -1.68. The third kappa shape index (κ3) is 3.20. The van der Waals surface area contributed by atoms with Gasteiger partial charge in [0.15, 0.2) is 0 Å². The Morgan fingerprint density at radius 3 is 2.95 bits per heavy atom. The van der Waals surface area contributed by atoms with Gasteiger partial charge in [0.25, 0.3) is 0 Å². The highest BCUT2D eigenvalue weighted by Crippen LogP contribution is 2.15. The van der Waals surface area contributed by atoms with E-state index >= 15 is 0 Å². The number of rotatable bonds is 4. The van der Waals surface area contributed by atoms with Crippen LogP contribution in [0.5, 0.6) is 0 Å². The molecule has 0 aliphatic carbocycles. The fraction of sp³-hybridized carbons (Fsp3) is 0.467. The molecule has 1 unspecified atom stereocenters. The van der Waals surface area contributed by atoms with Gasteiger partial charge in [0.2, 0.25) is 0 Å². The first kappa shape index (κ1) is 12.4. The molecule has 0 amide bonds. The Kier molecular flexibility index (Phi) is 3.89. The molecule has 1 aliphatic rings. The second-order valence-electron chi connectivity index (χ2n) is 5.28. The number of nitrogens with one attached hydrogen (secondary N) is 1. The fourth-order valence-corrected chi connectivity index (χ4v) is 2.71. The van der Waals surface area contributed by atoms with E-state index in [2.05, 4.69) is 44.3 Å². The Morgan fingerprint density at radius 1 is 1.26 bits per heavy atom. The van der Waals surface area contributed by atoms with E-state index in [4.69, 9.17) is 0 Å². The van der Waals surface area contributed by atoms with E-state index in [1.165, 1.54) is 18.4 Å². The van der Waals surface area contributed by atoms with E-state index in [0.717, 1.165) is 31.9 Å². The standard InChI is InChI=1S/C15H20N4/c1-2-5-13(6-3-1)11-19-12-17-18-15(19)9-14-7-4-8-16-10-14/h1-3,5-6,12,14,16H,4,7-11H2. The zero-order valence-corrected chi connectivity index (χ0v) is 11.1. The van der Waals surface area contributed by atoms with Gasteiger partial charge in [-0.25, -0.2) is 0 Å². The van der Waals surface area contributed by atoms with E-state index in [1.807, 2.05) is 12.4 Å². The van der Waals surface area contributed by atoms with Crippen molar-refractivity contribution in [3.8, 4) is 0 Å². The quantitative estimate of drug-likeness (QED) is 0.908. The van der Waals surface area contributed by atoms with Gasteiger partial charge in [0, 0.05) is 6.42 Å². The zero-order valence-electron chi connectivity index (χ0n) is 11.1. The van der Waals surface area contributed by atoms with E-state index in [0.29, 0.717) is 5.92 Å². The summed E-state index contributed by atoms with van der Waals surface area (Å²) in [6.07, 6.45) is 5.45. The molecule has 0 saturated carbocycles. The van der Waals surface area contributed by atoms with Crippen LogP contribution in [0.15, 0.2) is 36.7 Å². The van der Waals surface area contributed by atoms with Gasteiger partial charge in [-0.1, -0.05) is 30.3 Å². The summed E-state index contributed by atoms with van der Waals surface area (Å²) in [4.78, 5) is 0. The molecule has 0 bridgehead atoms. The molecule has 0 radical (unpaired) electrons. The third-order valence-corrected chi connectivity index (χ3v) is 3.76. The minimum absolute atomic E-state index is 0.701. The van der Waals surface area contributed by atoms with Gasteiger partial charge in [0.05, 0.1) is 6.54 Å². The van der Waals surface area contributed by atoms with Crippen LogP contribution in [0.3, 0.4) is 0 Å². The van der Waals surface area contributed by atoms with Crippen LogP contribution in [0.1, 0.15) is 24.2 Å². The van der Waals surface area contributed by atoms with Crippen molar-refractivity contribution in [3.63, 3.8) is 0 Å². The predicted octanol–water partition coefficient (Wildman–Crippen LogP) is 1.87. The smallest absolute Gasteiger partial charge is 0.133 e. The summed E-state index contributed by atoms with van der Waals surface area (Å²) in [6.45, 7) is 3.13. The van der Waals surface area contributed by atoms with Crippen molar-refractivity contribution in [1.29, 1.82) is 0 Å². The third-order valence-electron chi connectivity index (χ3n) is 3.76. The zero-order chi connectivity index (χ0) is 12.9. The predicted molar refractivity (Wildman–Crippen MR) is 74.9 cm³/mol. The first-order valence-electron chi connectivity index (χ1n) is 7.03. The summed E-state index contributed by atoms with van der Waals surface area (Å²) in [5, 5.41) is 11.8. The van der Waals surface area contributed by atoms with E-state index in [9.17, 15) is 0 Å². The molecule has 1 aromatic carbocycles. The summed E-state index contributed by atoms with van der Waals surface area (Å²) in [6, 6.07) is 10.5. The number of benzene rings is 1. The van der Waals surface area contributed by atoms with Crippen molar-refractivity contribution < 1.29 is 0 Å². The van der Waals surface area contributed by atoms with Gasteiger partial charge >= 0.3 is 0 Å². The van der Waals surface area contributed by atoms with Crippen LogP contribution in [0.4, 0.5) is 0 Å². The van der Waals surface area contributed by atoms with Crippen molar-refractivity contribution in [3.05, 3.63) is 48.0 Å². The van der Waals surface area contributed by atoms with Crippen LogP contribution in [-0.4, -0.2) is 27.9 Å². The first-order chi connectivity index (χ1) is 9.42. The molecule has 4 nitrogen and oxygen atoms in total. The maximum atomic E-state index is 4.29. The van der Waals surface area contributed by atoms with Gasteiger partial charge in [-0.2, -0.15) is 0 Å². The van der Waals surface area contributed by atoms with Crippen molar-refractivity contribution in [2.24, 2.45) is 5.92 Å². The van der Waals surface area contributed by atoms with Crippen LogP contribution in [-0.2, 0) is 13.0 Å². The Balaban J connectivity index is 1.68. The lowest BCUT2D eigenvalue weighted by Gasteiger charge is -2.22. The summed E-state index contributed by atoms with van der Waals surface area (Å²) >= 11 is 0. The largest absolute Gasteiger partial charge is 0.316 e. The van der Waals surface area contributed by atoms with E-state index in [-0.39, 0.29) is 0 Å². The highest BCUT2D eigenvalue weighted by molar-refractivity contribution is 5.15. The number of hydrogen-bond donors (Lipinski definition) is 1. The Morgan fingerprint density at radius 2 is 2.16 bits per heavy atom. The van der Waals surface area contributed by atoms with Crippen LogP contribution in [0.25, 0.3) is 0 Å². The number of hydrogen-bond acceptors (Lipinski definition) is 3. The normalized spacial score (nSPS) is 19.5. The molecule has 1 fully saturated rings. The fourth-order valence-electron chi connectivity index (χ4n) is 2.71. The summed E-state index contributed by atoms with van der Waals surface area (Å²) in [7, 11) is 0. The van der Waals surface area contributed by atoms with Crippen molar-refractivity contribution in [2.45, 2.75) is 25.8 Å². The topological polar surface area (TPSA) is 42.7 Å². The lowest BCUT2D eigenvalue weighted by molar-refractivity contribution is 0.367. The number of piperidine rings is 1. The molecule has 1 aliphatic heterocycles. The number of aromatic nitrogens is 3. The molecular weight excluding hydrogens is 236 g/mol. The average molecular weight is 256 g/mol. The molecule has 3 rings (SSSR count). The van der Waals surface area contributed by atoms with Crippen LogP contribution >= 0.6 is 0 Å². The SMILES string of the molecule is c1ccc(Cn2cnnc2CC2CCCNC2)cc1. The molecule has 1 atom stereocenters. The van der Waals surface area contributed by atoms with Crippen LogP contribution in [0, 0.1) is 5.92 Å². The van der Waals surface area contributed by atoms with Crippen molar-refractivity contribution in [2.75, 3.05) is 13.1 Å². The van der Waals surface area contributed by atoms with Crippen molar-refractivity contribution in [1.82, 2.24) is 20.1 Å². The molecule has 0 spiro atoms. The molecule has 4 heteroatoms. The summed E-state index contributed by atoms with van der Waals surface area (Å²) < 4.78 is 2.17. The highest BCUT2D eigenvalue weighted by Gasteiger charge is 2.16. The monoisotopic (exact) mass is 256 g/mol. The second kappa shape index (κ2) is 5.97. The van der Waals surface area contributed by atoms with Crippen molar-refractivity contribution >= 4 is 0 Å². The summed E-state index contributed by atoms with van der Waals surface area (Å²) in [5.74, 6) is 1.81. The van der Waals surface area contributed by atoms with E-state index < -0.39 is 0 Å². The average Bonchev–Trinajstić information content (AvgIpc) is 2.88. The van der Waals surface area contributed by atoms with Crippen LogP contribution in [0.2, 0.25) is 0 Å². The minimum atomic E-state index is 0.701. The number of nitrogens with zero attached hydrogens (tertiary/aromatic N) is 3. The maximum absolute atomic E-state index is 4.29. The molecule has 1 aromatic heterocycles. The maximum Gasteiger partial charge on any atom is 0.133 e. The van der Waals surface area contributed by atoms with Gasteiger partial charge in [-0.15, -0.1) is 10.2 Å². The first-order valence-corrected chi connectivity index (χ1v) is 7.03. The molecule has 1 N–H and O–H groups in total. The van der Waals surface area contributed by atoms with Crippen LogP contribution < -0.4 is 5.32 Å². The summed E-state index contributed by atoms with van der Waals surface area (Å²) in [5.41, 5.74) is 1.30. The molecule has 2 aromatic rings. The van der Waals surface area contributed by atoms with Gasteiger partial charge in [-0.3, -0.25) is 0 Å². The molecule has 19 heavy (non-hydrogen) atoms. The lowest BCUT2D eigenvalue weighted by Crippen LogP contribution is -2.31. The molecular formula is C15H20N4. The minimum Gasteiger partial charge on any atom is -0.316 e.